The summed E-state index contributed by atoms with van der Waals surface area (Å²) in [6, 6.07) is 9.86. The lowest BCUT2D eigenvalue weighted by atomic mass is 10.2. The van der Waals surface area contributed by atoms with Crippen LogP contribution in [0.5, 0.6) is 0 Å². The molecule has 1 saturated heterocycles. The van der Waals surface area contributed by atoms with Crippen molar-refractivity contribution in [1.82, 2.24) is 19.8 Å². The number of halogens is 2. The summed E-state index contributed by atoms with van der Waals surface area (Å²) in [4.78, 5) is 2.38. The van der Waals surface area contributed by atoms with Crippen LogP contribution in [0.4, 0.5) is 5.82 Å². The predicted molar refractivity (Wildman–Crippen MR) is 105 cm³/mol. The van der Waals surface area contributed by atoms with Crippen molar-refractivity contribution in [2.75, 3.05) is 23.5 Å². The lowest BCUT2D eigenvalue weighted by Gasteiger charge is -2.24. The Labute approximate surface area is 160 Å². The second-order valence-corrected chi connectivity index (χ2v) is 7.87. The monoisotopic (exact) mass is 393 g/mol. The third kappa shape index (κ3) is 3.30. The van der Waals surface area contributed by atoms with Crippen LogP contribution in [0.3, 0.4) is 0 Å². The summed E-state index contributed by atoms with van der Waals surface area (Å²) < 4.78 is 1.77. The van der Waals surface area contributed by atoms with Gasteiger partial charge in [-0.25, -0.2) is 0 Å². The highest BCUT2D eigenvalue weighted by atomic mass is 35.5. The molecule has 0 bridgehead atoms. The number of anilines is 1. The topological polar surface area (TPSA) is 46.3 Å². The van der Waals surface area contributed by atoms with Crippen molar-refractivity contribution < 1.29 is 0 Å². The van der Waals surface area contributed by atoms with E-state index >= 15 is 0 Å². The highest BCUT2D eigenvalue weighted by Gasteiger charge is 2.26. The molecule has 4 rings (SSSR count). The Bertz CT molecular complexity index is 893. The lowest BCUT2D eigenvalue weighted by molar-refractivity contribution is 0.727. The zero-order valence-electron chi connectivity index (χ0n) is 13.7. The molecule has 0 radical (unpaired) electrons. The molecule has 3 heterocycles. The number of hydrogen-bond acceptors (Lipinski definition) is 5. The molecule has 130 valence electrons. The van der Waals surface area contributed by atoms with Gasteiger partial charge in [-0.2, -0.15) is 16.3 Å². The Morgan fingerprint density at radius 3 is 2.72 bits per heavy atom. The molecule has 0 saturated carbocycles. The molecule has 1 unspecified atom stereocenters. The second-order valence-electron chi connectivity index (χ2n) is 6.09. The van der Waals surface area contributed by atoms with E-state index in [1.54, 1.807) is 10.6 Å². The SMILES string of the molecule is CSCC1CCCN1c1ccc2nnc(-c3cc(Cl)cc(Cl)c3)n2n1. The molecule has 0 N–H and O–H groups in total. The maximum atomic E-state index is 6.13. The largest absolute Gasteiger partial charge is 0.351 e. The Kier molecular flexibility index (Phi) is 4.75. The molecule has 1 aliphatic rings. The normalized spacial score (nSPS) is 17.6. The Morgan fingerprint density at radius 2 is 1.96 bits per heavy atom. The number of nitrogens with zero attached hydrogens (tertiary/aromatic N) is 5. The summed E-state index contributed by atoms with van der Waals surface area (Å²) in [5.41, 5.74) is 1.51. The van der Waals surface area contributed by atoms with Gasteiger partial charge in [-0.3, -0.25) is 0 Å². The summed E-state index contributed by atoms with van der Waals surface area (Å²) in [6.45, 7) is 1.03. The smallest absolute Gasteiger partial charge is 0.185 e. The average molecular weight is 394 g/mol. The van der Waals surface area contributed by atoms with Gasteiger partial charge in [0, 0.05) is 33.9 Å². The first-order valence-electron chi connectivity index (χ1n) is 8.10. The fraction of sp³-hybridized carbons (Fsp3) is 0.353. The molecule has 8 heteroatoms. The Hall–Kier alpha value is -1.50. The van der Waals surface area contributed by atoms with E-state index in [1.165, 1.54) is 12.8 Å². The molecule has 0 aliphatic carbocycles. The van der Waals surface area contributed by atoms with E-state index in [1.807, 2.05) is 36.0 Å². The molecule has 3 aromatic rings. The van der Waals surface area contributed by atoms with Gasteiger partial charge in [-0.1, -0.05) is 23.2 Å². The first-order valence-corrected chi connectivity index (χ1v) is 10.2. The Morgan fingerprint density at radius 1 is 1.16 bits per heavy atom. The number of hydrogen-bond donors (Lipinski definition) is 0. The molecule has 0 spiro atoms. The molecule has 25 heavy (non-hydrogen) atoms. The number of fused-ring (bicyclic) bond motifs is 1. The fourth-order valence-corrected chi connectivity index (χ4v) is 4.56. The first-order chi connectivity index (χ1) is 12.2. The summed E-state index contributed by atoms with van der Waals surface area (Å²) in [7, 11) is 0. The van der Waals surface area contributed by atoms with E-state index < -0.39 is 0 Å². The van der Waals surface area contributed by atoms with Crippen molar-refractivity contribution in [1.29, 1.82) is 0 Å². The summed E-state index contributed by atoms with van der Waals surface area (Å²) in [5, 5.41) is 14.4. The first kappa shape index (κ1) is 16.9. The fourth-order valence-electron chi connectivity index (χ4n) is 3.30. The van der Waals surface area contributed by atoms with Crippen LogP contribution in [0.25, 0.3) is 17.0 Å². The number of aromatic nitrogens is 4. The van der Waals surface area contributed by atoms with Crippen LogP contribution in [0, 0.1) is 0 Å². The molecule has 1 fully saturated rings. The van der Waals surface area contributed by atoms with E-state index in [9.17, 15) is 0 Å². The number of benzene rings is 1. The van der Waals surface area contributed by atoms with E-state index in [0.29, 0.717) is 27.6 Å². The van der Waals surface area contributed by atoms with Gasteiger partial charge < -0.3 is 4.90 Å². The third-order valence-electron chi connectivity index (χ3n) is 4.40. The summed E-state index contributed by atoms with van der Waals surface area (Å²) in [5.74, 6) is 2.71. The number of thioether (sulfide) groups is 1. The van der Waals surface area contributed by atoms with E-state index in [2.05, 4.69) is 21.4 Å². The Balaban J connectivity index is 1.77. The van der Waals surface area contributed by atoms with Gasteiger partial charge in [-0.05, 0) is 49.4 Å². The van der Waals surface area contributed by atoms with Crippen LogP contribution in [-0.4, -0.2) is 44.4 Å². The second kappa shape index (κ2) is 7.02. The van der Waals surface area contributed by atoms with Crippen LogP contribution < -0.4 is 4.90 Å². The van der Waals surface area contributed by atoms with Gasteiger partial charge in [-0.15, -0.1) is 15.3 Å². The van der Waals surface area contributed by atoms with Crippen molar-refractivity contribution in [3.05, 3.63) is 40.4 Å². The highest BCUT2D eigenvalue weighted by molar-refractivity contribution is 7.98. The molecular weight excluding hydrogens is 377 g/mol. The number of rotatable bonds is 4. The zero-order valence-corrected chi connectivity index (χ0v) is 16.0. The maximum absolute atomic E-state index is 6.13. The molecule has 1 aliphatic heterocycles. The van der Waals surface area contributed by atoms with Crippen LogP contribution >= 0.6 is 35.0 Å². The maximum Gasteiger partial charge on any atom is 0.185 e. The van der Waals surface area contributed by atoms with Gasteiger partial charge in [0.15, 0.2) is 11.5 Å². The minimum absolute atomic E-state index is 0.528. The molecule has 1 atom stereocenters. The van der Waals surface area contributed by atoms with Crippen molar-refractivity contribution in [3.8, 4) is 11.4 Å². The van der Waals surface area contributed by atoms with Crippen molar-refractivity contribution in [2.45, 2.75) is 18.9 Å². The van der Waals surface area contributed by atoms with Gasteiger partial charge in [0.05, 0.1) is 0 Å². The molecule has 0 amide bonds. The van der Waals surface area contributed by atoms with Crippen LogP contribution in [0.15, 0.2) is 30.3 Å². The van der Waals surface area contributed by atoms with Gasteiger partial charge in [0.2, 0.25) is 0 Å². The highest BCUT2D eigenvalue weighted by Crippen LogP contribution is 2.29. The summed E-state index contributed by atoms with van der Waals surface area (Å²) >= 11 is 14.1. The van der Waals surface area contributed by atoms with Gasteiger partial charge >= 0.3 is 0 Å². The molecular formula is C17H17Cl2N5S. The molecule has 1 aromatic carbocycles. The molecule has 5 nitrogen and oxygen atoms in total. The van der Waals surface area contributed by atoms with Gasteiger partial charge in [0.1, 0.15) is 5.82 Å². The predicted octanol–water partition coefficient (Wildman–Crippen LogP) is 4.43. The standard InChI is InChI=1S/C17H17Cl2N5S/c1-25-10-14-3-2-6-23(14)16-5-4-15-20-21-17(24(15)22-16)11-7-12(18)9-13(19)8-11/h4-5,7-9,14H,2-3,6,10H2,1H3. The minimum atomic E-state index is 0.528. The molecule has 2 aromatic heterocycles. The van der Waals surface area contributed by atoms with Crippen molar-refractivity contribution in [2.24, 2.45) is 0 Å². The van der Waals surface area contributed by atoms with Crippen molar-refractivity contribution in [3.63, 3.8) is 0 Å². The minimum Gasteiger partial charge on any atom is -0.351 e. The van der Waals surface area contributed by atoms with E-state index in [0.717, 1.165) is 23.7 Å². The van der Waals surface area contributed by atoms with Crippen LogP contribution in [0.2, 0.25) is 10.0 Å². The third-order valence-corrected chi connectivity index (χ3v) is 5.55. The van der Waals surface area contributed by atoms with E-state index in [4.69, 9.17) is 28.3 Å². The van der Waals surface area contributed by atoms with E-state index in [-0.39, 0.29) is 0 Å². The average Bonchev–Trinajstić information content (AvgIpc) is 3.20. The van der Waals surface area contributed by atoms with Crippen LogP contribution in [-0.2, 0) is 0 Å². The lowest BCUT2D eigenvalue weighted by Crippen LogP contribution is -2.32. The van der Waals surface area contributed by atoms with Crippen molar-refractivity contribution >= 4 is 46.4 Å². The summed E-state index contributed by atoms with van der Waals surface area (Å²) in [6.07, 6.45) is 4.55. The van der Waals surface area contributed by atoms with Crippen LogP contribution in [0.1, 0.15) is 12.8 Å². The zero-order chi connectivity index (χ0) is 17.4. The van der Waals surface area contributed by atoms with Gasteiger partial charge in [0.25, 0.3) is 0 Å². The quantitative estimate of drug-likeness (QED) is 0.655.